The van der Waals surface area contributed by atoms with Gasteiger partial charge in [0.2, 0.25) is 0 Å². The Hall–Kier alpha value is -0.300. The number of ether oxygens (including phenoxy) is 1. The predicted octanol–water partition coefficient (Wildman–Crippen LogP) is 6.63. The van der Waals surface area contributed by atoms with E-state index in [4.69, 9.17) is 4.74 Å². The van der Waals surface area contributed by atoms with E-state index in [1.807, 2.05) is 0 Å². The van der Waals surface area contributed by atoms with Crippen molar-refractivity contribution >= 4 is 0 Å². The van der Waals surface area contributed by atoms with E-state index in [9.17, 15) is 0 Å². The molecule has 0 heterocycles. The summed E-state index contributed by atoms with van der Waals surface area (Å²) in [7, 11) is 0. The molecule has 4 aliphatic carbocycles. The lowest BCUT2D eigenvalue weighted by Gasteiger charge is -2.61. The minimum atomic E-state index is 0.519. The number of allylic oxidation sites excluding steroid dienone is 2. The molecule has 7 atom stereocenters. The second-order valence-corrected chi connectivity index (χ2v) is 10.2. The van der Waals surface area contributed by atoms with E-state index in [1.165, 1.54) is 57.8 Å². The Balaban J connectivity index is 1.65. The van der Waals surface area contributed by atoms with E-state index >= 15 is 0 Å². The van der Waals surface area contributed by atoms with Gasteiger partial charge >= 0.3 is 0 Å². The SMILES string of the molecule is C/C=C1\CCC2C3CCC4CC(C)CCC4(COCC)C3CCC12C. The van der Waals surface area contributed by atoms with Gasteiger partial charge in [-0.2, -0.15) is 0 Å². The van der Waals surface area contributed by atoms with E-state index < -0.39 is 0 Å². The van der Waals surface area contributed by atoms with Crippen LogP contribution in [0.25, 0.3) is 0 Å². The molecule has 7 unspecified atom stereocenters. The zero-order valence-electron chi connectivity index (χ0n) is 17.2. The Kier molecular flexibility index (Phi) is 4.84. The molecule has 0 radical (unpaired) electrons. The lowest BCUT2D eigenvalue weighted by Crippen LogP contribution is -2.55. The van der Waals surface area contributed by atoms with Gasteiger partial charge in [-0.15, -0.1) is 0 Å². The van der Waals surface area contributed by atoms with Gasteiger partial charge in [0.05, 0.1) is 6.61 Å². The zero-order valence-corrected chi connectivity index (χ0v) is 17.2. The lowest BCUT2D eigenvalue weighted by atomic mass is 9.44. The number of hydrogen-bond acceptors (Lipinski definition) is 1. The first-order chi connectivity index (χ1) is 12.0. The maximum atomic E-state index is 6.18. The van der Waals surface area contributed by atoms with Crippen LogP contribution in [-0.4, -0.2) is 13.2 Å². The van der Waals surface area contributed by atoms with Crippen LogP contribution in [0.4, 0.5) is 0 Å². The van der Waals surface area contributed by atoms with Gasteiger partial charge in [0.1, 0.15) is 0 Å². The average molecular weight is 345 g/mol. The van der Waals surface area contributed by atoms with Crippen LogP contribution in [0.1, 0.15) is 85.5 Å². The van der Waals surface area contributed by atoms with E-state index in [-0.39, 0.29) is 0 Å². The van der Waals surface area contributed by atoms with Crippen molar-refractivity contribution in [2.45, 2.75) is 85.5 Å². The highest BCUT2D eigenvalue weighted by Gasteiger charge is 2.60. The predicted molar refractivity (Wildman–Crippen MR) is 105 cm³/mol. The highest BCUT2D eigenvalue weighted by molar-refractivity contribution is 5.23. The molecule has 4 aliphatic rings. The second kappa shape index (κ2) is 6.70. The lowest BCUT2D eigenvalue weighted by molar-refractivity contribution is -0.147. The summed E-state index contributed by atoms with van der Waals surface area (Å²) in [6, 6.07) is 0. The third-order valence-electron chi connectivity index (χ3n) is 9.40. The van der Waals surface area contributed by atoms with Crippen molar-refractivity contribution in [2.24, 2.45) is 40.4 Å². The molecule has 0 saturated heterocycles. The van der Waals surface area contributed by atoms with Gasteiger partial charge in [-0.25, -0.2) is 0 Å². The fraction of sp³-hybridized carbons (Fsp3) is 0.917. The Morgan fingerprint density at radius 2 is 1.92 bits per heavy atom. The van der Waals surface area contributed by atoms with Crippen LogP contribution in [0.5, 0.6) is 0 Å². The Labute approximate surface area is 156 Å². The smallest absolute Gasteiger partial charge is 0.0527 e. The van der Waals surface area contributed by atoms with E-state index in [2.05, 4.69) is 33.8 Å². The van der Waals surface area contributed by atoms with Crippen molar-refractivity contribution in [1.29, 1.82) is 0 Å². The molecule has 0 bridgehead atoms. The molecule has 25 heavy (non-hydrogen) atoms. The van der Waals surface area contributed by atoms with Crippen molar-refractivity contribution in [2.75, 3.05) is 13.2 Å². The van der Waals surface area contributed by atoms with Gasteiger partial charge in [0.25, 0.3) is 0 Å². The molecule has 4 rings (SSSR count). The summed E-state index contributed by atoms with van der Waals surface area (Å²) in [6.07, 6.45) is 15.5. The quantitative estimate of drug-likeness (QED) is 0.522. The number of rotatable bonds is 3. The van der Waals surface area contributed by atoms with Crippen LogP contribution in [0.2, 0.25) is 0 Å². The van der Waals surface area contributed by atoms with Crippen LogP contribution in [0.15, 0.2) is 11.6 Å². The van der Waals surface area contributed by atoms with Crippen molar-refractivity contribution < 1.29 is 4.74 Å². The minimum Gasteiger partial charge on any atom is -0.381 e. The molecule has 0 amide bonds. The largest absolute Gasteiger partial charge is 0.381 e. The molecule has 142 valence electrons. The first-order valence-electron chi connectivity index (χ1n) is 11.3. The highest BCUT2D eigenvalue weighted by atomic mass is 16.5. The Morgan fingerprint density at radius 3 is 2.68 bits per heavy atom. The molecule has 0 aliphatic heterocycles. The van der Waals surface area contributed by atoms with Gasteiger partial charge in [-0.1, -0.05) is 31.9 Å². The maximum Gasteiger partial charge on any atom is 0.0527 e. The monoisotopic (exact) mass is 344 g/mol. The number of hydrogen-bond donors (Lipinski definition) is 0. The van der Waals surface area contributed by atoms with Crippen LogP contribution in [0.3, 0.4) is 0 Å². The molecular formula is C24H40O. The minimum absolute atomic E-state index is 0.519. The van der Waals surface area contributed by atoms with Gasteiger partial charge in [0.15, 0.2) is 0 Å². The normalized spacial score (nSPS) is 51.0. The summed E-state index contributed by atoms with van der Waals surface area (Å²) in [5.74, 6) is 4.75. The Bertz CT molecular complexity index is 518. The topological polar surface area (TPSA) is 9.23 Å². The molecule has 0 N–H and O–H groups in total. The standard InChI is InChI=1S/C24H40O/c1-5-18-8-10-21-20-9-7-19-15-17(3)11-14-24(19,16-25-6-2)22(20)12-13-23(18,21)4/h5,17,19-22H,6-16H2,1-4H3/b18-5+. The molecule has 4 fully saturated rings. The first-order valence-corrected chi connectivity index (χ1v) is 11.3. The molecule has 1 heteroatoms. The van der Waals surface area contributed by atoms with Crippen molar-refractivity contribution in [3.8, 4) is 0 Å². The summed E-state index contributed by atoms with van der Waals surface area (Å²) in [5, 5.41) is 0. The molecule has 0 aromatic carbocycles. The summed E-state index contributed by atoms with van der Waals surface area (Å²) in [5.41, 5.74) is 2.83. The third-order valence-corrected chi connectivity index (χ3v) is 9.40. The Morgan fingerprint density at radius 1 is 1.08 bits per heavy atom. The van der Waals surface area contributed by atoms with E-state index in [1.54, 1.807) is 5.57 Å². The fourth-order valence-electron chi connectivity index (χ4n) is 8.16. The maximum absolute atomic E-state index is 6.18. The average Bonchev–Trinajstić information content (AvgIpc) is 2.96. The van der Waals surface area contributed by atoms with Gasteiger partial charge < -0.3 is 4.74 Å². The third kappa shape index (κ3) is 2.67. The fourth-order valence-corrected chi connectivity index (χ4v) is 8.16. The van der Waals surface area contributed by atoms with Crippen LogP contribution in [0, 0.1) is 40.4 Å². The zero-order chi connectivity index (χ0) is 17.7. The molecule has 0 aromatic heterocycles. The van der Waals surface area contributed by atoms with Crippen molar-refractivity contribution in [1.82, 2.24) is 0 Å². The molecule has 0 aromatic rings. The van der Waals surface area contributed by atoms with Gasteiger partial charge in [-0.3, -0.25) is 0 Å². The van der Waals surface area contributed by atoms with Crippen LogP contribution < -0.4 is 0 Å². The summed E-state index contributed by atoms with van der Waals surface area (Å²) < 4.78 is 6.18. The summed E-state index contributed by atoms with van der Waals surface area (Å²) in [4.78, 5) is 0. The second-order valence-electron chi connectivity index (χ2n) is 10.2. The molecule has 0 spiro atoms. The van der Waals surface area contributed by atoms with Gasteiger partial charge in [0, 0.05) is 6.61 Å². The van der Waals surface area contributed by atoms with Crippen molar-refractivity contribution in [3.63, 3.8) is 0 Å². The van der Waals surface area contributed by atoms with E-state index in [0.29, 0.717) is 10.8 Å². The van der Waals surface area contributed by atoms with E-state index in [0.717, 1.165) is 42.8 Å². The summed E-state index contributed by atoms with van der Waals surface area (Å²) >= 11 is 0. The number of fused-ring (bicyclic) bond motifs is 5. The van der Waals surface area contributed by atoms with Gasteiger partial charge in [-0.05, 0) is 106 Å². The van der Waals surface area contributed by atoms with Crippen LogP contribution >= 0.6 is 0 Å². The van der Waals surface area contributed by atoms with Crippen LogP contribution in [-0.2, 0) is 4.74 Å². The van der Waals surface area contributed by atoms with Crippen molar-refractivity contribution in [3.05, 3.63) is 11.6 Å². The molecule has 4 saturated carbocycles. The summed E-state index contributed by atoms with van der Waals surface area (Å²) in [6.45, 7) is 11.5. The highest BCUT2D eigenvalue weighted by Crippen LogP contribution is 2.67. The first kappa shape index (κ1) is 18.1. The molecular weight excluding hydrogens is 304 g/mol. The molecule has 1 nitrogen and oxygen atoms in total.